The van der Waals surface area contributed by atoms with Gasteiger partial charge in [-0.25, -0.2) is 4.79 Å². The normalized spacial score (nSPS) is 18.1. The first kappa shape index (κ1) is 18.4. The molecule has 0 spiro atoms. The van der Waals surface area contributed by atoms with E-state index in [1.54, 1.807) is 30.0 Å². The molecule has 6 nitrogen and oxygen atoms in total. The van der Waals surface area contributed by atoms with E-state index in [0.29, 0.717) is 42.0 Å². The van der Waals surface area contributed by atoms with Crippen molar-refractivity contribution in [2.24, 2.45) is 5.92 Å². The SMILES string of the molecule is COc1ccc(NC(=O)N2CCN(CC(C)C)C(=O)C2C)cc1Cl. The van der Waals surface area contributed by atoms with E-state index in [1.807, 2.05) is 4.90 Å². The van der Waals surface area contributed by atoms with Crippen molar-refractivity contribution in [3.05, 3.63) is 23.2 Å². The monoisotopic (exact) mass is 353 g/mol. The van der Waals surface area contributed by atoms with E-state index in [2.05, 4.69) is 19.2 Å². The Labute approximate surface area is 147 Å². The molecule has 1 aliphatic heterocycles. The lowest BCUT2D eigenvalue weighted by Gasteiger charge is -2.39. The minimum atomic E-state index is -0.480. The van der Waals surface area contributed by atoms with E-state index in [4.69, 9.17) is 16.3 Å². The molecule has 0 bridgehead atoms. The number of halogens is 1. The number of nitrogens with zero attached hydrogens (tertiary/aromatic N) is 2. The maximum atomic E-state index is 12.5. The molecule has 1 atom stereocenters. The van der Waals surface area contributed by atoms with Crippen molar-refractivity contribution in [3.8, 4) is 5.75 Å². The predicted octanol–water partition coefficient (Wildman–Crippen LogP) is 3.07. The molecule has 2 rings (SSSR count). The van der Waals surface area contributed by atoms with Crippen LogP contribution in [0.15, 0.2) is 18.2 Å². The third-order valence-corrected chi connectivity index (χ3v) is 4.29. The van der Waals surface area contributed by atoms with Gasteiger partial charge in [-0.05, 0) is 31.0 Å². The number of carbonyl (C=O) groups is 2. The van der Waals surface area contributed by atoms with Gasteiger partial charge in [-0.2, -0.15) is 0 Å². The largest absolute Gasteiger partial charge is 0.495 e. The number of ether oxygens (including phenoxy) is 1. The van der Waals surface area contributed by atoms with Gasteiger partial charge in [0.25, 0.3) is 0 Å². The molecule has 0 aromatic heterocycles. The number of hydrogen-bond donors (Lipinski definition) is 1. The lowest BCUT2D eigenvalue weighted by Crippen LogP contribution is -2.58. The summed E-state index contributed by atoms with van der Waals surface area (Å²) >= 11 is 6.07. The molecule has 1 heterocycles. The Kier molecular flexibility index (Phi) is 5.94. The number of amides is 3. The molecule has 1 saturated heterocycles. The molecule has 1 unspecified atom stereocenters. The van der Waals surface area contributed by atoms with Gasteiger partial charge in [-0.3, -0.25) is 4.79 Å². The van der Waals surface area contributed by atoms with E-state index in [-0.39, 0.29) is 11.9 Å². The maximum absolute atomic E-state index is 12.5. The van der Waals surface area contributed by atoms with Crippen LogP contribution in [0, 0.1) is 5.92 Å². The van der Waals surface area contributed by atoms with Gasteiger partial charge in [-0.1, -0.05) is 25.4 Å². The lowest BCUT2D eigenvalue weighted by molar-refractivity contribution is -0.139. The average molecular weight is 354 g/mol. The van der Waals surface area contributed by atoms with Crippen molar-refractivity contribution in [1.82, 2.24) is 9.80 Å². The topological polar surface area (TPSA) is 61.9 Å². The van der Waals surface area contributed by atoms with E-state index in [9.17, 15) is 9.59 Å². The Balaban J connectivity index is 2.03. The highest BCUT2D eigenvalue weighted by molar-refractivity contribution is 6.32. The summed E-state index contributed by atoms with van der Waals surface area (Å²) in [5.41, 5.74) is 0.565. The van der Waals surface area contributed by atoms with Crippen molar-refractivity contribution in [1.29, 1.82) is 0 Å². The molecule has 1 aliphatic rings. The molecule has 1 aromatic carbocycles. The first-order chi connectivity index (χ1) is 11.3. The van der Waals surface area contributed by atoms with Crippen LogP contribution in [-0.4, -0.2) is 54.5 Å². The molecular weight excluding hydrogens is 330 g/mol. The van der Waals surface area contributed by atoms with Crippen molar-refractivity contribution in [3.63, 3.8) is 0 Å². The average Bonchev–Trinajstić information content (AvgIpc) is 2.51. The number of anilines is 1. The van der Waals surface area contributed by atoms with E-state index < -0.39 is 6.04 Å². The van der Waals surface area contributed by atoms with Gasteiger partial charge in [0.05, 0.1) is 12.1 Å². The zero-order valence-electron chi connectivity index (χ0n) is 14.5. The first-order valence-electron chi connectivity index (χ1n) is 8.03. The standard InChI is InChI=1S/C17H24ClN3O3/c1-11(2)10-20-7-8-21(12(3)16(20)22)17(23)19-13-5-6-15(24-4)14(18)9-13/h5-6,9,11-12H,7-8,10H2,1-4H3,(H,19,23). The van der Waals surface area contributed by atoms with Crippen LogP contribution in [0.5, 0.6) is 5.75 Å². The smallest absolute Gasteiger partial charge is 0.322 e. The quantitative estimate of drug-likeness (QED) is 0.904. The van der Waals surface area contributed by atoms with Crippen LogP contribution in [0.1, 0.15) is 20.8 Å². The van der Waals surface area contributed by atoms with Crippen LogP contribution in [0.2, 0.25) is 5.02 Å². The van der Waals surface area contributed by atoms with E-state index in [0.717, 1.165) is 0 Å². The Morgan fingerprint density at radius 2 is 2.12 bits per heavy atom. The van der Waals surface area contributed by atoms with Gasteiger partial charge in [0, 0.05) is 25.3 Å². The van der Waals surface area contributed by atoms with Gasteiger partial charge in [0.2, 0.25) is 5.91 Å². The number of methoxy groups -OCH3 is 1. The number of urea groups is 1. The molecule has 3 amide bonds. The number of nitrogens with one attached hydrogen (secondary N) is 1. The highest BCUT2D eigenvalue weighted by atomic mass is 35.5. The zero-order chi connectivity index (χ0) is 17.9. The van der Waals surface area contributed by atoms with Gasteiger partial charge < -0.3 is 19.9 Å². The van der Waals surface area contributed by atoms with Crippen molar-refractivity contribution < 1.29 is 14.3 Å². The molecule has 24 heavy (non-hydrogen) atoms. The molecule has 0 aliphatic carbocycles. The van der Waals surface area contributed by atoms with Crippen molar-refractivity contribution >= 4 is 29.2 Å². The Morgan fingerprint density at radius 1 is 1.42 bits per heavy atom. The summed E-state index contributed by atoms with van der Waals surface area (Å²) in [7, 11) is 1.53. The fraction of sp³-hybridized carbons (Fsp3) is 0.529. The minimum Gasteiger partial charge on any atom is -0.495 e. The van der Waals surface area contributed by atoms with E-state index in [1.165, 1.54) is 7.11 Å². The highest BCUT2D eigenvalue weighted by Crippen LogP contribution is 2.27. The second kappa shape index (κ2) is 7.75. The molecule has 1 aromatic rings. The molecular formula is C17H24ClN3O3. The first-order valence-corrected chi connectivity index (χ1v) is 8.41. The molecule has 1 N–H and O–H groups in total. The van der Waals surface area contributed by atoms with Gasteiger partial charge in [0.15, 0.2) is 0 Å². The second-order valence-electron chi connectivity index (χ2n) is 6.33. The Bertz CT molecular complexity index is 621. The molecule has 7 heteroatoms. The van der Waals surface area contributed by atoms with Gasteiger partial charge >= 0.3 is 6.03 Å². The third kappa shape index (κ3) is 4.12. The van der Waals surface area contributed by atoms with Crippen LogP contribution in [0.4, 0.5) is 10.5 Å². The summed E-state index contributed by atoms with van der Waals surface area (Å²) in [6, 6.07) is 4.24. The Hall–Kier alpha value is -1.95. The van der Waals surface area contributed by atoms with Crippen molar-refractivity contribution in [2.45, 2.75) is 26.8 Å². The highest BCUT2D eigenvalue weighted by Gasteiger charge is 2.34. The van der Waals surface area contributed by atoms with E-state index >= 15 is 0 Å². The number of carbonyl (C=O) groups excluding carboxylic acids is 2. The number of hydrogen-bond acceptors (Lipinski definition) is 3. The maximum Gasteiger partial charge on any atom is 0.322 e. The van der Waals surface area contributed by atoms with Crippen LogP contribution < -0.4 is 10.1 Å². The molecule has 132 valence electrons. The Morgan fingerprint density at radius 3 is 2.71 bits per heavy atom. The van der Waals surface area contributed by atoms with Crippen LogP contribution in [0.25, 0.3) is 0 Å². The summed E-state index contributed by atoms with van der Waals surface area (Å²) in [4.78, 5) is 28.3. The molecule has 0 saturated carbocycles. The molecule has 0 radical (unpaired) electrons. The summed E-state index contributed by atoms with van der Waals surface area (Å²) in [5, 5.41) is 3.20. The van der Waals surface area contributed by atoms with Crippen LogP contribution in [0.3, 0.4) is 0 Å². The summed E-state index contributed by atoms with van der Waals surface area (Å²) in [6.07, 6.45) is 0. The third-order valence-electron chi connectivity index (χ3n) is 4.00. The fourth-order valence-electron chi connectivity index (χ4n) is 2.77. The van der Waals surface area contributed by atoms with Crippen LogP contribution in [-0.2, 0) is 4.79 Å². The zero-order valence-corrected chi connectivity index (χ0v) is 15.3. The fourth-order valence-corrected chi connectivity index (χ4v) is 3.03. The number of rotatable bonds is 4. The minimum absolute atomic E-state index is 0.0159. The summed E-state index contributed by atoms with van der Waals surface area (Å²) in [5.74, 6) is 0.932. The van der Waals surface area contributed by atoms with Crippen LogP contribution >= 0.6 is 11.6 Å². The lowest BCUT2D eigenvalue weighted by atomic mass is 10.1. The van der Waals surface area contributed by atoms with Gasteiger partial charge in [0.1, 0.15) is 11.8 Å². The summed E-state index contributed by atoms with van der Waals surface area (Å²) in [6.45, 7) is 7.69. The molecule has 1 fully saturated rings. The van der Waals surface area contributed by atoms with Gasteiger partial charge in [-0.15, -0.1) is 0 Å². The van der Waals surface area contributed by atoms with Crippen molar-refractivity contribution in [2.75, 3.05) is 32.1 Å². The second-order valence-corrected chi connectivity index (χ2v) is 6.73. The summed E-state index contributed by atoms with van der Waals surface area (Å²) < 4.78 is 5.09. The number of piperazine rings is 1. The predicted molar refractivity (Wildman–Crippen MR) is 94.6 cm³/mol. The number of benzene rings is 1.